The first kappa shape index (κ1) is 12.0. The first-order chi connectivity index (χ1) is 5.37. The topological polar surface area (TPSA) is 20.2 Å². The van der Waals surface area contributed by atoms with Crippen LogP contribution in [0.15, 0.2) is 0 Å². The summed E-state index contributed by atoms with van der Waals surface area (Å²) < 4.78 is 0. The van der Waals surface area contributed by atoms with E-state index in [2.05, 4.69) is 20.8 Å². The average molecular weight is 172 g/mol. The fraction of sp³-hybridized carbons (Fsp3) is 1.00. The third kappa shape index (κ3) is 5.59. The molecule has 0 radical (unpaired) electrons. The van der Waals surface area contributed by atoms with Crippen LogP contribution in [0, 0.1) is 11.8 Å². The highest BCUT2D eigenvalue weighted by Crippen LogP contribution is 2.23. The second-order valence-corrected chi connectivity index (χ2v) is 4.71. The lowest BCUT2D eigenvalue weighted by molar-refractivity contribution is 0.0614. The average Bonchev–Trinajstić information content (AvgIpc) is 1.97. The van der Waals surface area contributed by atoms with E-state index in [1.54, 1.807) is 0 Å². The summed E-state index contributed by atoms with van der Waals surface area (Å²) in [5, 5.41) is 9.52. The van der Waals surface area contributed by atoms with Crippen LogP contribution in [0.2, 0.25) is 0 Å². The van der Waals surface area contributed by atoms with E-state index in [4.69, 9.17) is 0 Å². The van der Waals surface area contributed by atoms with Crippen LogP contribution >= 0.6 is 0 Å². The molecule has 0 aliphatic carbocycles. The van der Waals surface area contributed by atoms with Gasteiger partial charge in [0, 0.05) is 0 Å². The van der Waals surface area contributed by atoms with Crippen LogP contribution in [0.4, 0.5) is 0 Å². The molecule has 0 fully saturated rings. The molecule has 0 aromatic rings. The Kier molecular flexibility index (Phi) is 4.84. The Morgan fingerprint density at radius 3 is 2.00 bits per heavy atom. The van der Waals surface area contributed by atoms with Gasteiger partial charge in [0.15, 0.2) is 0 Å². The van der Waals surface area contributed by atoms with E-state index in [-0.39, 0.29) is 0 Å². The number of hydrogen-bond donors (Lipinski definition) is 1. The predicted molar refractivity (Wildman–Crippen MR) is 54.2 cm³/mol. The van der Waals surface area contributed by atoms with Crippen molar-refractivity contribution >= 4 is 0 Å². The predicted octanol–water partition coefficient (Wildman–Crippen LogP) is 3.22. The van der Waals surface area contributed by atoms with Crippen molar-refractivity contribution in [3.8, 4) is 0 Å². The van der Waals surface area contributed by atoms with Crippen LogP contribution in [0.1, 0.15) is 53.9 Å². The smallest absolute Gasteiger partial charge is 0.0591 e. The zero-order valence-corrected chi connectivity index (χ0v) is 9.22. The Balaban J connectivity index is 3.64. The molecule has 1 nitrogen and oxygen atoms in total. The molecule has 1 N–H and O–H groups in total. The molecule has 74 valence electrons. The maximum atomic E-state index is 9.52. The van der Waals surface area contributed by atoms with E-state index in [1.165, 1.54) is 6.42 Å². The Hall–Kier alpha value is -0.0400. The molecule has 0 rings (SSSR count). The fourth-order valence-electron chi connectivity index (χ4n) is 1.27. The second-order valence-electron chi connectivity index (χ2n) is 4.71. The van der Waals surface area contributed by atoms with E-state index in [0.29, 0.717) is 0 Å². The molecule has 0 saturated heterocycles. The number of aliphatic hydroxyl groups is 1. The minimum Gasteiger partial charge on any atom is -0.390 e. The van der Waals surface area contributed by atoms with Gasteiger partial charge in [-0.25, -0.2) is 0 Å². The van der Waals surface area contributed by atoms with Crippen molar-refractivity contribution in [2.45, 2.75) is 59.5 Å². The van der Waals surface area contributed by atoms with E-state index >= 15 is 0 Å². The van der Waals surface area contributed by atoms with Crippen molar-refractivity contribution in [3.05, 3.63) is 0 Å². The molecule has 0 spiro atoms. The minimum absolute atomic E-state index is 0.484. The molecule has 0 heterocycles. The van der Waals surface area contributed by atoms with Gasteiger partial charge >= 0.3 is 0 Å². The Labute approximate surface area is 77.2 Å². The second kappa shape index (κ2) is 4.86. The van der Waals surface area contributed by atoms with Crippen molar-refractivity contribution in [3.63, 3.8) is 0 Å². The molecule has 12 heavy (non-hydrogen) atoms. The van der Waals surface area contributed by atoms with Crippen LogP contribution in [-0.4, -0.2) is 10.7 Å². The lowest BCUT2D eigenvalue weighted by Gasteiger charge is -2.23. The van der Waals surface area contributed by atoms with Gasteiger partial charge < -0.3 is 5.11 Å². The Morgan fingerprint density at radius 2 is 1.67 bits per heavy atom. The summed E-state index contributed by atoms with van der Waals surface area (Å²) in [6.45, 7) is 10.6. The molecular weight excluding hydrogens is 148 g/mol. The monoisotopic (exact) mass is 172 g/mol. The standard InChI is InChI=1S/C11H24O/c1-6-9(2)10(3)7-8-11(4,5)12/h9-10,12H,6-8H2,1-5H3/t9-,10+/m1/s1. The van der Waals surface area contributed by atoms with Gasteiger partial charge in [0.25, 0.3) is 0 Å². The van der Waals surface area contributed by atoms with E-state index < -0.39 is 5.60 Å². The molecular formula is C11H24O. The van der Waals surface area contributed by atoms with Gasteiger partial charge in [-0.15, -0.1) is 0 Å². The van der Waals surface area contributed by atoms with Crippen LogP contribution in [0.5, 0.6) is 0 Å². The van der Waals surface area contributed by atoms with Gasteiger partial charge in [0.05, 0.1) is 5.60 Å². The largest absolute Gasteiger partial charge is 0.390 e. The number of hydrogen-bond acceptors (Lipinski definition) is 1. The first-order valence-electron chi connectivity index (χ1n) is 5.09. The zero-order valence-electron chi connectivity index (χ0n) is 9.22. The molecule has 0 bridgehead atoms. The SMILES string of the molecule is CC[C@@H](C)[C@@H](C)CCC(C)(C)O. The maximum absolute atomic E-state index is 9.52. The fourth-order valence-corrected chi connectivity index (χ4v) is 1.27. The van der Waals surface area contributed by atoms with Gasteiger partial charge in [-0.3, -0.25) is 0 Å². The lowest BCUT2D eigenvalue weighted by Crippen LogP contribution is -2.20. The van der Waals surface area contributed by atoms with Crippen LogP contribution in [-0.2, 0) is 0 Å². The molecule has 2 atom stereocenters. The van der Waals surface area contributed by atoms with Gasteiger partial charge in [-0.05, 0) is 38.5 Å². The molecule has 1 heteroatoms. The van der Waals surface area contributed by atoms with Gasteiger partial charge in [-0.1, -0.05) is 27.2 Å². The molecule has 0 aliphatic heterocycles. The van der Waals surface area contributed by atoms with Crippen molar-refractivity contribution in [2.24, 2.45) is 11.8 Å². The molecule has 0 saturated carbocycles. The summed E-state index contributed by atoms with van der Waals surface area (Å²) in [5.74, 6) is 1.52. The summed E-state index contributed by atoms with van der Waals surface area (Å²) in [4.78, 5) is 0. The van der Waals surface area contributed by atoms with Crippen LogP contribution in [0.25, 0.3) is 0 Å². The van der Waals surface area contributed by atoms with Crippen molar-refractivity contribution in [1.82, 2.24) is 0 Å². The van der Waals surface area contributed by atoms with Crippen molar-refractivity contribution in [2.75, 3.05) is 0 Å². The first-order valence-corrected chi connectivity index (χ1v) is 5.09. The summed E-state index contributed by atoms with van der Waals surface area (Å²) in [6, 6.07) is 0. The Bertz CT molecular complexity index is 113. The maximum Gasteiger partial charge on any atom is 0.0591 e. The van der Waals surface area contributed by atoms with Crippen molar-refractivity contribution < 1.29 is 5.11 Å². The van der Waals surface area contributed by atoms with E-state index in [0.717, 1.165) is 24.7 Å². The summed E-state index contributed by atoms with van der Waals surface area (Å²) >= 11 is 0. The highest BCUT2D eigenvalue weighted by atomic mass is 16.3. The van der Waals surface area contributed by atoms with Gasteiger partial charge in [0.1, 0.15) is 0 Å². The molecule has 0 amide bonds. The van der Waals surface area contributed by atoms with Crippen molar-refractivity contribution in [1.29, 1.82) is 0 Å². The zero-order chi connectivity index (χ0) is 9.78. The van der Waals surface area contributed by atoms with Gasteiger partial charge in [0.2, 0.25) is 0 Å². The molecule has 0 unspecified atom stereocenters. The summed E-state index contributed by atoms with van der Waals surface area (Å²) in [5.41, 5.74) is -0.484. The summed E-state index contributed by atoms with van der Waals surface area (Å²) in [7, 11) is 0. The molecule has 0 aromatic carbocycles. The van der Waals surface area contributed by atoms with Gasteiger partial charge in [-0.2, -0.15) is 0 Å². The van der Waals surface area contributed by atoms with Crippen LogP contribution < -0.4 is 0 Å². The number of rotatable bonds is 5. The van der Waals surface area contributed by atoms with E-state index in [1.807, 2.05) is 13.8 Å². The normalized spacial score (nSPS) is 17.5. The lowest BCUT2D eigenvalue weighted by atomic mass is 9.86. The highest BCUT2D eigenvalue weighted by molar-refractivity contribution is 4.69. The third-order valence-corrected chi connectivity index (χ3v) is 2.83. The molecule has 0 aromatic heterocycles. The van der Waals surface area contributed by atoms with Crippen LogP contribution in [0.3, 0.4) is 0 Å². The Morgan fingerprint density at radius 1 is 1.17 bits per heavy atom. The third-order valence-electron chi connectivity index (χ3n) is 2.83. The summed E-state index contributed by atoms with van der Waals surface area (Å²) in [6.07, 6.45) is 3.30. The quantitative estimate of drug-likeness (QED) is 0.675. The van der Waals surface area contributed by atoms with E-state index in [9.17, 15) is 5.11 Å². The minimum atomic E-state index is -0.484. The molecule has 0 aliphatic rings. The highest BCUT2D eigenvalue weighted by Gasteiger charge is 2.16.